The highest BCUT2D eigenvalue weighted by molar-refractivity contribution is 9.10. The Morgan fingerprint density at radius 3 is 2.86 bits per heavy atom. The summed E-state index contributed by atoms with van der Waals surface area (Å²) in [6.07, 6.45) is 8.08. The van der Waals surface area contributed by atoms with E-state index in [4.69, 9.17) is 9.72 Å². The van der Waals surface area contributed by atoms with E-state index in [0.29, 0.717) is 12.5 Å². The maximum atomic E-state index is 5.95. The van der Waals surface area contributed by atoms with E-state index in [1.807, 2.05) is 12.1 Å². The summed E-state index contributed by atoms with van der Waals surface area (Å²) < 4.78 is 6.85. The van der Waals surface area contributed by atoms with Gasteiger partial charge in [0.2, 0.25) is 5.88 Å². The Hall–Kier alpha value is -1.92. The Kier molecular flexibility index (Phi) is 6.50. The first kappa shape index (κ1) is 20.4. The molecule has 0 unspecified atom stereocenters. The maximum Gasteiger partial charge on any atom is 0.213 e. The fourth-order valence-corrected chi connectivity index (χ4v) is 4.45. The molecule has 29 heavy (non-hydrogen) atoms. The molecule has 3 heterocycles. The normalized spacial score (nSPS) is 15.8. The number of hydrogen-bond acceptors (Lipinski definition) is 4. The van der Waals surface area contributed by atoms with E-state index in [9.17, 15) is 0 Å². The SMILES string of the molecule is Cc1cccc2[nH]c(-c3cc(OCCCCC4CCN(C)CC4)ncc3Br)nc12. The fraction of sp³-hybridized carbons (Fsp3) is 0.478. The van der Waals surface area contributed by atoms with Crippen molar-refractivity contribution in [3.8, 4) is 17.3 Å². The van der Waals surface area contributed by atoms with Crippen LogP contribution in [0.2, 0.25) is 0 Å². The third-order valence-corrected chi connectivity index (χ3v) is 6.53. The smallest absolute Gasteiger partial charge is 0.213 e. The summed E-state index contributed by atoms with van der Waals surface area (Å²) in [5.74, 6) is 2.37. The third kappa shape index (κ3) is 4.98. The number of benzene rings is 1. The van der Waals surface area contributed by atoms with Gasteiger partial charge in [-0.2, -0.15) is 0 Å². The molecule has 1 fully saturated rings. The van der Waals surface area contributed by atoms with Crippen LogP contribution >= 0.6 is 15.9 Å². The molecule has 2 aromatic heterocycles. The lowest BCUT2D eigenvalue weighted by Crippen LogP contribution is -2.30. The number of nitrogens with one attached hydrogen (secondary N) is 1. The summed E-state index contributed by atoms with van der Waals surface area (Å²) in [7, 11) is 2.22. The number of hydrogen-bond donors (Lipinski definition) is 1. The van der Waals surface area contributed by atoms with Crippen molar-refractivity contribution in [3.05, 3.63) is 40.5 Å². The Morgan fingerprint density at radius 1 is 1.24 bits per heavy atom. The molecule has 1 N–H and O–H groups in total. The number of nitrogens with zero attached hydrogens (tertiary/aromatic N) is 3. The number of likely N-dealkylation sites (tertiary alicyclic amines) is 1. The molecule has 1 saturated heterocycles. The van der Waals surface area contributed by atoms with E-state index in [2.05, 4.69) is 56.9 Å². The summed E-state index contributed by atoms with van der Waals surface area (Å²) in [6, 6.07) is 8.14. The molecule has 4 rings (SSSR count). The average Bonchev–Trinajstić information content (AvgIpc) is 3.16. The molecule has 0 saturated carbocycles. The van der Waals surface area contributed by atoms with Gasteiger partial charge in [0.1, 0.15) is 5.82 Å². The van der Waals surface area contributed by atoms with Crippen molar-refractivity contribution >= 4 is 27.0 Å². The standard InChI is InChI=1S/C23H29BrN4O/c1-16-6-5-8-20-22(16)27-23(26-20)18-14-21(25-15-19(18)24)29-13-4-3-7-17-9-11-28(2)12-10-17/h5-6,8,14-15,17H,3-4,7,9-13H2,1-2H3,(H,26,27). The summed E-state index contributed by atoms with van der Waals surface area (Å²) >= 11 is 3.60. The molecular formula is C23H29BrN4O. The zero-order chi connectivity index (χ0) is 20.2. The van der Waals surface area contributed by atoms with E-state index in [-0.39, 0.29) is 0 Å². The lowest BCUT2D eigenvalue weighted by Gasteiger charge is -2.28. The molecular weight excluding hydrogens is 428 g/mol. The highest BCUT2D eigenvalue weighted by Crippen LogP contribution is 2.30. The second-order valence-electron chi connectivity index (χ2n) is 8.15. The summed E-state index contributed by atoms with van der Waals surface area (Å²) in [6.45, 7) is 5.27. The Balaban J connectivity index is 1.34. The number of para-hydroxylation sites is 1. The monoisotopic (exact) mass is 456 g/mol. The van der Waals surface area contributed by atoms with Gasteiger partial charge in [0.15, 0.2) is 0 Å². The maximum absolute atomic E-state index is 5.95. The van der Waals surface area contributed by atoms with Gasteiger partial charge in [-0.1, -0.05) is 18.6 Å². The number of piperidine rings is 1. The van der Waals surface area contributed by atoms with Crippen LogP contribution < -0.4 is 4.74 Å². The number of unbranched alkanes of at least 4 members (excludes halogenated alkanes) is 1. The molecule has 0 amide bonds. The largest absolute Gasteiger partial charge is 0.478 e. The minimum absolute atomic E-state index is 0.652. The van der Waals surface area contributed by atoms with Crippen LogP contribution in [0.25, 0.3) is 22.4 Å². The Labute approximate surface area is 181 Å². The van der Waals surface area contributed by atoms with Gasteiger partial charge >= 0.3 is 0 Å². The third-order valence-electron chi connectivity index (χ3n) is 5.89. The van der Waals surface area contributed by atoms with Gasteiger partial charge in [-0.05, 0) is 86.2 Å². The van der Waals surface area contributed by atoms with Crippen molar-refractivity contribution in [2.75, 3.05) is 26.7 Å². The number of fused-ring (bicyclic) bond motifs is 1. The zero-order valence-electron chi connectivity index (χ0n) is 17.2. The molecule has 3 aromatic rings. The number of H-pyrrole nitrogens is 1. The van der Waals surface area contributed by atoms with Gasteiger partial charge in [-0.15, -0.1) is 0 Å². The summed E-state index contributed by atoms with van der Waals surface area (Å²) in [5.41, 5.74) is 4.18. The molecule has 1 aromatic carbocycles. The lowest BCUT2D eigenvalue weighted by molar-refractivity contribution is 0.205. The second kappa shape index (κ2) is 9.26. The van der Waals surface area contributed by atoms with Crippen molar-refractivity contribution in [3.63, 3.8) is 0 Å². The first-order valence-electron chi connectivity index (χ1n) is 10.5. The molecule has 0 atom stereocenters. The molecule has 1 aliphatic heterocycles. The molecule has 5 nitrogen and oxygen atoms in total. The average molecular weight is 457 g/mol. The fourth-order valence-electron chi connectivity index (χ4n) is 4.05. The summed E-state index contributed by atoms with van der Waals surface area (Å²) in [4.78, 5) is 15.0. The van der Waals surface area contributed by atoms with Crippen LogP contribution in [-0.4, -0.2) is 46.6 Å². The number of aromatic nitrogens is 3. The van der Waals surface area contributed by atoms with Crippen LogP contribution in [-0.2, 0) is 0 Å². The lowest BCUT2D eigenvalue weighted by atomic mass is 9.92. The Bertz CT molecular complexity index is 963. The summed E-state index contributed by atoms with van der Waals surface area (Å²) in [5, 5.41) is 0. The van der Waals surface area contributed by atoms with Crippen molar-refractivity contribution in [2.24, 2.45) is 5.92 Å². The number of aromatic amines is 1. The highest BCUT2D eigenvalue weighted by atomic mass is 79.9. The first-order valence-corrected chi connectivity index (χ1v) is 11.3. The van der Waals surface area contributed by atoms with Crippen molar-refractivity contribution < 1.29 is 4.74 Å². The van der Waals surface area contributed by atoms with Crippen molar-refractivity contribution in [1.82, 2.24) is 19.9 Å². The number of aryl methyl sites for hydroxylation is 1. The number of ether oxygens (including phenoxy) is 1. The first-order chi connectivity index (χ1) is 14.1. The molecule has 0 bridgehead atoms. The predicted octanol–water partition coefficient (Wildman–Crippen LogP) is 5.59. The van der Waals surface area contributed by atoms with Gasteiger partial charge in [0.25, 0.3) is 0 Å². The number of imidazole rings is 1. The van der Waals surface area contributed by atoms with Crippen LogP contribution in [0, 0.1) is 12.8 Å². The predicted molar refractivity (Wildman–Crippen MR) is 121 cm³/mol. The van der Waals surface area contributed by atoms with E-state index >= 15 is 0 Å². The second-order valence-corrected chi connectivity index (χ2v) is 9.00. The number of pyridine rings is 1. The zero-order valence-corrected chi connectivity index (χ0v) is 18.8. The molecule has 6 heteroatoms. The van der Waals surface area contributed by atoms with Crippen LogP contribution in [0.4, 0.5) is 0 Å². The number of rotatable bonds is 7. The molecule has 0 spiro atoms. The van der Waals surface area contributed by atoms with Crippen LogP contribution in [0.5, 0.6) is 5.88 Å². The Morgan fingerprint density at radius 2 is 2.07 bits per heavy atom. The highest BCUT2D eigenvalue weighted by Gasteiger charge is 2.16. The van der Waals surface area contributed by atoms with Crippen LogP contribution in [0.3, 0.4) is 0 Å². The van der Waals surface area contributed by atoms with Crippen LogP contribution in [0.15, 0.2) is 34.9 Å². The molecule has 0 radical (unpaired) electrons. The van der Waals surface area contributed by atoms with E-state index in [0.717, 1.165) is 44.8 Å². The van der Waals surface area contributed by atoms with E-state index in [1.54, 1.807) is 6.20 Å². The number of halogens is 1. The van der Waals surface area contributed by atoms with Crippen molar-refractivity contribution in [2.45, 2.75) is 39.0 Å². The van der Waals surface area contributed by atoms with Gasteiger partial charge in [-0.25, -0.2) is 9.97 Å². The molecule has 1 aliphatic rings. The minimum Gasteiger partial charge on any atom is -0.478 e. The van der Waals surface area contributed by atoms with Crippen molar-refractivity contribution in [1.29, 1.82) is 0 Å². The molecule has 0 aliphatic carbocycles. The minimum atomic E-state index is 0.652. The van der Waals surface area contributed by atoms with Gasteiger partial charge < -0.3 is 14.6 Å². The van der Waals surface area contributed by atoms with Gasteiger partial charge in [0.05, 0.1) is 17.6 Å². The van der Waals surface area contributed by atoms with E-state index < -0.39 is 0 Å². The quantitative estimate of drug-likeness (QED) is 0.470. The van der Waals surface area contributed by atoms with Gasteiger partial charge in [0, 0.05) is 22.3 Å². The topological polar surface area (TPSA) is 54.0 Å². The van der Waals surface area contributed by atoms with Gasteiger partial charge in [-0.3, -0.25) is 0 Å². The van der Waals surface area contributed by atoms with Crippen LogP contribution in [0.1, 0.15) is 37.7 Å². The molecule has 154 valence electrons. The van der Waals surface area contributed by atoms with E-state index in [1.165, 1.54) is 38.8 Å².